The molecule has 0 saturated carbocycles. The van der Waals surface area contributed by atoms with Crippen LogP contribution < -0.4 is 5.32 Å². The molecule has 0 amide bonds. The summed E-state index contributed by atoms with van der Waals surface area (Å²) in [5, 5.41) is 6.84. The number of nitrogens with one attached hydrogen (secondary N) is 1. The minimum atomic E-state index is 0.517. The Bertz CT molecular complexity index is 356. The fraction of sp³-hybridized carbons (Fsp3) is 0.786. The molecule has 1 unspecified atom stereocenters. The molecular weight excluding hydrogens is 242 g/mol. The maximum absolute atomic E-state index is 4.78. The fourth-order valence-electron chi connectivity index (χ4n) is 2.47. The number of piperidine rings is 1. The minimum Gasteiger partial charge on any atom is -0.317 e. The maximum Gasteiger partial charge on any atom is 0.0931 e. The Labute approximate surface area is 115 Å². The van der Waals surface area contributed by atoms with Gasteiger partial charge in [0, 0.05) is 24.3 Å². The molecule has 0 aromatic carbocycles. The van der Waals surface area contributed by atoms with Crippen molar-refractivity contribution in [3.8, 4) is 0 Å². The van der Waals surface area contributed by atoms with Crippen molar-refractivity contribution in [1.29, 1.82) is 0 Å². The number of nitrogens with zero attached hydrogens (tertiary/aromatic N) is 2. The predicted molar refractivity (Wildman–Crippen MR) is 78.3 cm³/mol. The second-order valence-corrected chi connectivity index (χ2v) is 6.52. The molecule has 2 rings (SSSR count). The molecule has 0 bridgehead atoms. The molecule has 1 atom stereocenters. The van der Waals surface area contributed by atoms with E-state index in [9.17, 15) is 0 Å². The SMILES string of the molecule is CNC(C)Cc1csc(CC2CCN(C)CC2)n1. The lowest BCUT2D eigenvalue weighted by molar-refractivity contribution is 0.219. The highest BCUT2D eigenvalue weighted by atomic mass is 32.1. The van der Waals surface area contributed by atoms with Crippen molar-refractivity contribution >= 4 is 11.3 Å². The van der Waals surface area contributed by atoms with E-state index in [1.165, 1.54) is 43.1 Å². The second kappa shape index (κ2) is 6.64. The van der Waals surface area contributed by atoms with E-state index >= 15 is 0 Å². The Hall–Kier alpha value is -0.450. The molecule has 1 fully saturated rings. The van der Waals surface area contributed by atoms with E-state index in [4.69, 9.17) is 4.98 Å². The van der Waals surface area contributed by atoms with Crippen molar-refractivity contribution in [3.63, 3.8) is 0 Å². The topological polar surface area (TPSA) is 28.2 Å². The predicted octanol–water partition coefficient (Wildman–Crippen LogP) is 2.18. The summed E-state index contributed by atoms with van der Waals surface area (Å²) in [6.07, 6.45) is 4.89. The smallest absolute Gasteiger partial charge is 0.0931 e. The fourth-order valence-corrected chi connectivity index (χ4v) is 3.39. The van der Waals surface area contributed by atoms with Crippen molar-refractivity contribution in [2.75, 3.05) is 27.2 Å². The van der Waals surface area contributed by atoms with E-state index in [0.717, 1.165) is 12.3 Å². The van der Waals surface area contributed by atoms with Crippen LogP contribution in [0, 0.1) is 5.92 Å². The normalized spacial score (nSPS) is 20.2. The molecule has 0 radical (unpaired) electrons. The van der Waals surface area contributed by atoms with Crippen LogP contribution >= 0.6 is 11.3 Å². The number of likely N-dealkylation sites (N-methyl/N-ethyl adjacent to an activating group) is 1. The number of hydrogen-bond donors (Lipinski definition) is 1. The Balaban J connectivity index is 1.83. The van der Waals surface area contributed by atoms with Crippen LogP contribution in [0.15, 0.2) is 5.38 Å². The second-order valence-electron chi connectivity index (χ2n) is 5.58. The van der Waals surface area contributed by atoms with Crippen LogP contribution in [0.5, 0.6) is 0 Å². The highest BCUT2D eigenvalue weighted by Gasteiger charge is 2.18. The van der Waals surface area contributed by atoms with Crippen molar-refractivity contribution in [2.45, 2.75) is 38.6 Å². The summed E-state index contributed by atoms with van der Waals surface area (Å²) in [5.41, 5.74) is 1.25. The first kappa shape index (κ1) is 14.0. The third-order valence-electron chi connectivity index (χ3n) is 3.91. The zero-order chi connectivity index (χ0) is 13.0. The van der Waals surface area contributed by atoms with Crippen molar-refractivity contribution in [2.24, 2.45) is 5.92 Å². The average molecular weight is 267 g/mol. The summed E-state index contributed by atoms with van der Waals surface area (Å²) < 4.78 is 0. The number of thiazole rings is 1. The van der Waals surface area contributed by atoms with Gasteiger partial charge in [0.1, 0.15) is 0 Å². The van der Waals surface area contributed by atoms with Gasteiger partial charge in [0.05, 0.1) is 10.7 Å². The largest absolute Gasteiger partial charge is 0.317 e. The van der Waals surface area contributed by atoms with E-state index < -0.39 is 0 Å². The third-order valence-corrected chi connectivity index (χ3v) is 4.83. The molecule has 1 aliphatic heterocycles. The van der Waals surface area contributed by atoms with Gasteiger partial charge in [-0.05, 0) is 52.9 Å². The average Bonchev–Trinajstić information content (AvgIpc) is 2.79. The van der Waals surface area contributed by atoms with Gasteiger partial charge < -0.3 is 10.2 Å². The molecule has 0 spiro atoms. The number of likely N-dealkylation sites (tertiary alicyclic amines) is 1. The summed E-state index contributed by atoms with van der Waals surface area (Å²) in [7, 11) is 4.23. The standard InChI is InChI=1S/C14H25N3S/c1-11(15-2)8-13-10-18-14(16-13)9-12-4-6-17(3)7-5-12/h10-12,15H,4-9H2,1-3H3. The van der Waals surface area contributed by atoms with Gasteiger partial charge in [0.25, 0.3) is 0 Å². The molecule has 1 aliphatic rings. The zero-order valence-electron chi connectivity index (χ0n) is 11.8. The number of hydrogen-bond acceptors (Lipinski definition) is 4. The molecule has 3 nitrogen and oxygen atoms in total. The zero-order valence-corrected chi connectivity index (χ0v) is 12.6. The molecule has 1 N–H and O–H groups in total. The van der Waals surface area contributed by atoms with E-state index in [0.29, 0.717) is 6.04 Å². The summed E-state index contributed by atoms with van der Waals surface area (Å²) in [4.78, 5) is 7.21. The lowest BCUT2D eigenvalue weighted by atomic mass is 9.94. The highest BCUT2D eigenvalue weighted by molar-refractivity contribution is 7.09. The van der Waals surface area contributed by atoms with E-state index in [1.807, 2.05) is 18.4 Å². The van der Waals surface area contributed by atoms with Gasteiger partial charge in [0.15, 0.2) is 0 Å². The summed E-state index contributed by atoms with van der Waals surface area (Å²) in [6.45, 7) is 4.70. The first-order valence-electron chi connectivity index (χ1n) is 6.96. The van der Waals surface area contributed by atoms with Crippen LogP contribution in [0.3, 0.4) is 0 Å². The third kappa shape index (κ3) is 4.04. The van der Waals surface area contributed by atoms with Crippen LogP contribution in [0.4, 0.5) is 0 Å². The van der Waals surface area contributed by atoms with Gasteiger partial charge in [-0.3, -0.25) is 0 Å². The van der Waals surface area contributed by atoms with Crippen LogP contribution in [0.25, 0.3) is 0 Å². The van der Waals surface area contributed by atoms with Crippen molar-refractivity contribution < 1.29 is 0 Å². The van der Waals surface area contributed by atoms with E-state index in [-0.39, 0.29) is 0 Å². The monoisotopic (exact) mass is 267 g/mol. The van der Waals surface area contributed by atoms with Gasteiger partial charge in [-0.25, -0.2) is 4.98 Å². The Morgan fingerprint density at radius 2 is 2.22 bits per heavy atom. The molecule has 2 heterocycles. The Morgan fingerprint density at radius 3 is 2.89 bits per heavy atom. The van der Waals surface area contributed by atoms with Crippen LogP contribution in [-0.2, 0) is 12.8 Å². The van der Waals surface area contributed by atoms with Gasteiger partial charge in [-0.15, -0.1) is 11.3 Å². The Morgan fingerprint density at radius 1 is 1.50 bits per heavy atom. The Kier molecular flexibility index (Phi) is 5.15. The highest BCUT2D eigenvalue weighted by Crippen LogP contribution is 2.23. The first-order chi connectivity index (χ1) is 8.67. The number of aromatic nitrogens is 1. The summed E-state index contributed by atoms with van der Waals surface area (Å²) >= 11 is 1.84. The van der Waals surface area contributed by atoms with Crippen LogP contribution in [0.1, 0.15) is 30.5 Å². The van der Waals surface area contributed by atoms with E-state index in [1.54, 1.807) is 0 Å². The molecule has 102 valence electrons. The van der Waals surface area contributed by atoms with Crippen LogP contribution in [0.2, 0.25) is 0 Å². The van der Waals surface area contributed by atoms with Crippen LogP contribution in [-0.4, -0.2) is 43.1 Å². The van der Waals surface area contributed by atoms with Crippen molar-refractivity contribution in [3.05, 3.63) is 16.1 Å². The molecule has 1 aromatic heterocycles. The summed E-state index contributed by atoms with van der Waals surface area (Å²) in [5.74, 6) is 0.849. The molecule has 18 heavy (non-hydrogen) atoms. The molecule has 1 saturated heterocycles. The maximum atomic E-state index is 4.78. The molecule has 4 heteroatoms. The molecule has 1 aromatic rings. The quantitative estimate of drug-likeness (QED) is 0.886. The summed E-state index contributed by atoms with van der Waals surface area (Å²) in [6, 6.07) is 0.517. The van der Waals surface area contributed by atoms with Gasteiger partial charge in [0.2, 0.25) is 0 Å². The van der Waals surface area contributed by atoms with E-state index in [2.05, 4.69) is 29.6 Å². The lowest BCUT2D eigenvalue weighted by Gasteiger charge is -2.28. The minimum absolute atomic E-state index is 0.517. The van der Waals surface area contributed by atoms with Crippen molar-refractivity contribution in [1.82, 2.24) is 15.2 Å². The molecular formula is C14H25N3S. The lowest BCUT2D eigenvalue weighted by Crippen LogP contribution is -2.30. The first-order valence-corrected chi connectivity index (χ1v) is 7.84. The van der Waals surface area contributed by atoms with Gasteiger partial charge in [-0.2, -0.15) is 0 Å². The number of rotatable bonds is 5. The van der Waals surface area contributed by atoms with Gasteiger partial charge >= 0.3 is 0 Å². The molecule has 0 aliphatic carbocycles. The van der Waals surface area contributed by atoms with Gasteiger partial charge in [-0.1, -0.05) is 0 Å².